The molecular weight excluding hydrogens is 440 g/mol. The van der Waals surface area contributed by atoms with Gasteiger partial charge in [0, 0.05) is 11.5 Å². The molecule has 0 saturated heterocycles. The van der Waals surface area contributed by atoms with Gasteiger partial charge in [-0.15, -0.1) is 0 Å². The second kappa shape index (κ2) is 7.41. The summed E-state index contributed by atoms with van der Waals surface area (Å²) in [4.78, 5) is 40.4. The zero-order chi connectivity index (χ0) is 24.7. The van der Waals surface area contributed by atoms with E-state index in [1.54, 1.807) is 14.1 Å². The summed E-state index contributed by atoms with van der Waals surface area (Å²) in [7, 11) is 3.17. The summed E-state index contributed by atoms with van der Waals surface area (Å²) in [6, 6.07) is 2.28. The number of aliphatic hydroxyl groups excluding tert-OH is 2. The number of hydrogen-bond donors (Lipinski definition) is 5. The maximum Gasteiger partial charge on any atom is 0.255 e. The van der Waals surface area contributed by atoms with Crippen LogP contribution in [0.4, 0.5) is 0 Å². The molecule has 4 atom stereocenters. The monoisotopic (exact) mass is 468 g/mol. The number of Topliss-reactive ketones (excluding diaryl/α,β-unsaturated/α-hetero) is 2. The van der Waals surface area contributed by atoms with Crippen molar-refractivity contribution in [1.82, 2.24) is 4.90 Å². The minimum atomic E-state index is -2.61. The molecule has 4 aliphatic rings. The summed E-state index contributed by atoms with van der Waals surface area (Å²) in [5.74, 6) is -5.95. The van der Waals surface area contributed by atoms with Gasteiger partial charge in [0.05, 0.1) is 11.6 Å². The minimum absolute atomic E-state index is 0.103. The van der Waals surface area contributed by atoms with E-state index in [0.717, 1.165) is 30.4 Å². The first kappa shape index (κ1) is 22.6. The Bertz CT molecular complexity index is 1210. The Labute approximate surface area is 196 Å². The number of hydrogen-bond acceptors (Lipinski definition) is 8. The Morgan fingerprint density at radius 3 is 2.35 bits per heavy atom. The Morgan fingerprint density at radius 1 is 1.12 bits per heavy atom. The van der Waals surface area contributed by atoms with Crippen molar-refractivity contribution in [1.29, 1.82) is 0 Å². The van der Waals surface area contributed by atoms with Crippen LogP contribution in [-0.2, 0) is 20.8 Å². The van der Waals surface area contributed by atoms with Crippen molar-refractivity contribution < 1.29 is 34.8 Å². The second-order valence-corrected chi connectivity index (χ2v) is 10.1. The molecule has 9 nitrogen and oxygen atoms in total. The number of carbonyl (C=O) groups excluding carboxylic acids is 3. The number of nitrogens with two attached hydrogens (primary N) is 1. The van der Waals surface area contributed by atoms with E-state index >= 15 is 0 Å². The maximum atomic E-state index is 13.8. The molecule has 0 unspecified atom stereocenters. The van der Waals surface area contributed by atoms with Crippen LogP contribution in [0.15, 0.2) is 29.0 Å². The first-order valence-electron chi connectivity index (χ1n) is 11.5. The number of carbonyl (C=O) groups is 3. The van der Waals surface area contributed by atoms with Crippen molar-refractivity contribution in [3.63, 3.8) is 0 Å². The molecule has 2 fully saturated rings. The summed E-state index contributed by atoms with van der Waals surface area (Å²) in [5.41, 5.74) is 3.77. The highest BCUT2D eigenvalue weighted by Gasteiger charge is 2.64. The zero-order valence-electron chi connectivity index (χ0n) is 19.0. The predicted octanol–water partition coefficient (Wildman–Crippen LogP) is 1.23. The number of likely N-dealkylation sites (N-methyl/N-ethyl adjacent to an activating group) is 1. The molecule has 6 N–H and O–H groups in total. The van der Waals surface area contributed by atoms with Crippen LogP contribution in [0.5, 0.6) is 5.75 Å². The number of phenols is 1. The molecule has 34 heavy (non-hydrogen) atoms. The van der Waals surface area contributed by atoms with Crippen LogP contribution in [0, 0.1) is 11.8 Å². The molecule has 9 heteroatoms. The highest BCUT2D eigenvalue weighted by atomic mass is 16.3. The Balaban J connectivity index is 1.72. The number of primary amides is 1. The molecule has 5 rings (SSSR count). The Morgan fingerprint density at radius 2 is 1.79 bits per heavy atom. The van der Waals surface area contributed by atoms with Crippen LogP contribution in [0.25, 0.3) is 5.76 Å². The third kappa shape index (κ3) is 2.77. The van der Waals surface area contributed by atoms with Crippen LogP contribution < -0.4 is 5.73 Å². The number of ketones is 2. The quantitative estimate of drug-likeness (QED) is 0.414. The molecule has 1 aromatic rings. The topological polar surface area (TPSA) is 161 Å². The van der Waals surface area contributed by atoms with Gasteiger partial charge in [-0.1, -0.05) is 12.5 Å². The fourth-order valence-corrected chi connectivity index (χ4v) is 6.37. The minimum Gasteiger partial charge on any atom is -0.508 e. The number of aromatic hydroxyl groups is 1. The fourth-order valence-electron chi connectivity index (χ4n) is 6.37. The van der Waals surface area contributed by atoms with E-state index in [1.807, 2.05) is 6.07 Å². The first-order chi connectivity index (χ1) is 16.0. The molecule has 1 aromatic carbocycles. The zero-order valence-corrected chi connectivity index (χ0v) is 19.0. The summed E-state index contributed by atoms with van der Waals surface area (Å²) < 4.78 is 0. The third-order valence-corrected chi connectivity index (χ3v) is 8.19. The van der Waals surface area contributed by atoms with Crippen molar-refractivity contribution >= 4 is 23.2 Å². The summed E-state index contributed by atoms with van der Waals surface area (Å²) in [5, 5.41) is 44.2. The lowest BCUT2D eigenvalue weighted by Crippen LogP contribution is -2.65. The predicted molar refractivity (Wildman–Crippen MR) is 121 cm³/mol. The van der Waals surface area contributed by atoms with Crippen LogP contribution in [-0.4, -0.2) is 68.5 Å². The van der Waals surface area contributed by atoms with Crippen LogP contribution in [0.1, 0.15) is 48.3 Å². The lowest BCUT2D eigenvalue weighted by molar-refractivity contribution is -0.153. The second-order valence-electron chi connectivity index (χ2n) is 10.1. The van der Waals surface area contributed by atoms with Gasteiger partial charge < -0.3 is 26.2 Å². The van der Waals surface area contributed by atoms with Gasteiger partial charge in [0.2, 0.25) is 5.78 Å². The van der Waals surface area contributed by atoms with E-state index < -0.39 is 58.0 Å². The molecule has 180 valence electrons. The number of phenolic OH excluding ortho intramolecular Hbond substituents is 1. The molecule has 1 amide bonds. The molecule has 0 radical (unpaired) electrons. The molecule has 0 aliphatic heterocycles. The van der Waals surface area contributed by atoms with Crippen LogP contribution in [0.2, 0.25) is 0 Å². The van der Waals surface area contributed by atoms with Crippen molar-refractivity contribution in [2.24, 2.45) is 17.6 Å². The Kier molecular flexibility index (Phi) is 4.93. The number of fused-ring (bicyclic) bond motifs is 3. The maximum absolute atomic E-state index is 13.8. The largest absolute Gasteiger partial charge is 0.508 e. The molecule has 0 spiro atoms. The van der Waals surface area contributed by atoms with Gasteiger partial charge in [-0.3, -0.25) is 19.3 Å². The van der Waals surface area contributed by atoms with E-state index in [4.69, 9.17) is 5.73 Å². The van der Waals surface area contributed by atoms with Gasteiger partial charge >= 0.3 is 0 Å². The van der Waals surface area contributed by atoms with E-state index in [2.05, 4.69) is 0 Å². The smallest absolute Gasteiger partial charge is 0.255 e. The van der Waals surface area contributed by atoms with Gasteiger partial charge in [0.1, 0.15) is 22.8 Å². The fraction of sp³-hybridized carbons (Fsp3) is 0.480. The number of benzene rings is 1. The van der Waals surface area contributed by atoms with Gasteiger partial charge in [0.25, 0.3) is 5.91 Å². The van der Waals surface area contributed by atoms with Gasteiger partial charge in [-0.05, 0) is 68.8 Å². The first-order valence-corrected chi connectivity index (χ1v) is 11.5. The summed E-state index contributed by atoms with van der Waals surface area (Å²) in [6.45, 7) is 0. The summed E-state index contributed by atoms with van der Waals surface area (Å²) in [6.07, 6.45) is 3.56. The van der Waals surface area contributed by atoms with Crippen molar-refractivity contribution in [2.45, 2.75) is 49.7 Å². The van der Waals surface area contributed by atoms with E-state index in [-0.39, 0.29) is 23.3 Å². The van der Waals surface area contributed by atoms with Gasteiger partial charge in [-0.2, -0.15) is 0 Å². The molecule has 2 saturated carbocycles. The molecular formula is C25H28N2O7. The average molecular weight is 469 g/mol. The van der Waals surface area contributed by atoms with Crippen LogP contribution >= 0.6 is 0 Å². The average Bonchev–Trinajstić information content (AvgIpc) is 2.70. The van der Waals surface area contributed by atoms with Crippen molar-refractivity contribution in [3.8, 4) is 5.75 Å². The van der Waals surface area contributed by atoms with E-state index in [1.165, 1.54) is 11.0 Å². The SMILES string of the molecule is CN(C)[C@H]1C(=O)C(C(N)=O)=C(O)[C@@]2(O)C(=O)C3=C(O)c4c(O)ccc(C5CCC5)c4C[C@H]3C[C@@H]12. The van der Waals surface area contributed by atoms with Crippen molar-refractivity contribution in [2.75, 3.05) is 14.1 Å². The molecule has 0 aromatic heterocycles. The highest BCUT2D eigenvalue weighted by Crippen LogP contribution is 2.54. The Hall–Kier alpha value is -3.17. The molecule has 0 bridgehead atoms. The molecule has 4 aliphatic carbocycles. The normalized spacial score (nSPS) is 31.2. The van der Waals surface area contributed by atoms with Gasteiger partial charge in [-0.25, -0.2) is 0 Å². The van der Waals surface area contributed by atoms with E-state index in [0.29, 0.717) is 12.3 Å². The number of amides is 1. The van der Waals surface area contributed by atoms with E-state index in [9.17, 15) is 34.8 Å². The number of rotatable bonds is 3. The molecule has 0 heterocycles. The number of aliphatic hydroxyl groups is 3. The number of nitrogens with zero attached hydrogens (tertiary/aromatic N) is 1. The van der Waals surface area contributed by atoms with Crippen molar-refractivity contribution in [3.05, 3.63) is 45.7 Å². The standard InChI is InChI=1S/C25H28N2O7/c1-27(2)19-14-9-11-8-13-12(10-4-3-5-10)6-7-15(28)17(13)20(29)16(11)22(31)25(14,34)23(32)18(21(19)30)24(26)33/h6-7,10-11,14,19,28-29,32,34H,3-5,8-9H2,1-2H3,(H2,26,33)/t11-,14-,19+,25-/m0/s1. The summed E-state index contributed by atoms with van der Waals surface area (Å²) >= 11 is 0. The lowest BCUT2D eigenvalue weighted by atomic mass is 9.57. The lowest BCUT2D eigenvalue weighted by Gasteiger charge is -2.50. The third-order valence-electron chi connectivity index (χ3n) is 8.19. The van der Waals surface area contributed by atoms with Crippen LogP contribution in [0.3, 0.4) is 0 Å². The van der Waals surface area contributed by atoms with Gasteiger partial charge in [0.15, 0.2) is 11.4 Å². The highest BCUT2D eigenvalue weighted by molar-refractivity contribution is 6.24.